The van der Waals surface area contributed by atoms with Gasteiger partial charge in [-0.2, -0.15) is 0 Å². The third kappa shape index (κ3) is 4.55. The fourth-order valence-corrected chi connectivity index (χ4v) is 5.55. The molecule has 38 heavy (non-hydrogen) atoms. The Kier molecular flexibility index (Phi) is 6.38. The quantitative estimate of drug-likeness (QED) is 0.376. The number of nitrogens with zero attached hydrogens (tertiary/aromatic N) is 2. The molecule has 0 radical (unpaired) electrons. The number of benzene rings is 3. The molecule has 0 bridgehead atoms. The summed E-state index contributed by atoms with van der Waals surface area (Å²) in [5.41, 5.74) is 4.31. The Bertz CT molecular complexity index is 1550. The van der Waals surface area contributed by atoms with Gasteiger partial charge in [0.25, 0.3) is 11.5 Å². The summed E-state index contributed by atoms with van der Waals surface area (Å²) < 4.78 is 0. The van der Waals surface area contributed by atoms with Gasteiger partial charge in [-0.15, -0.1) is 0 Å². The lowest BCUT2D eigenvalue weighted by molar-refractivity contribution is -0.141. The third-order valence-corrected chi connectivity index (χ3v) is 8.00. The summed E-state index contributed by atoms with van der Waals surface area (Å²) in [6, 6.07) is 24.9. The molecule has 1 aromatic heterocycles. The number of halogens is 1. The van der Waals surface area contributed by atoms with Gasteiger partial charge in [0.1, 0.15) is 5.82 Å². The number of rotatable bonds is 5. The summed E-state index contributed by atoms with van der Waals surface area (Å²) in [5, 5.41) is 11.7. The van der Waals surface area contributed by atoms with Crippen LogP contribution in [0.2, 0.25) is 5.02 Å². The van der Waals surface area contributed by atoms with E-state index in [0.717, 1.165) is 35.2 Å². The van der Waals surface area contributed by atoms with E-state index < -0.39 is 12.0 Å². The maximum absolute atomic E-state index is 13.4. The fourth-order valence-electron chi connectivity index (χ4n) is 5.43. The minimum atomic E-state index is -1.33. The zero-order valence-electron chi connectivity index (χ0n) is 20.9. The second kappa shape index (κ2) is 9.86. The van der Waals surface area contributed by atoms with Gasteiger partial charge in [0.05, 0.1) is 23.2 Å². The van der Waals surface area contributed by atoms with Gasteiger partial charge in [0, 0.05) is 11.6 Å². The molecule has 1 atom stereocenters. The zero-order valence-corrected chi connectivity index (χ0v) is 21.6. The predicted molar refractivity (Wildman–Crippen MR) is 147 cm³/mol. The number of amides is 1. The number of fused-ring (bicyclic) bond motifs is 1. The van der Waals surface area contributed by atoms with E-state index in [-0.39, 0.29) is 17.5 Å². The summed E-state index contributed by atoms with van der Waals surface area (Å²) in [5.74, 6) is 0.295. The second-order valence-corrected chi connectivity index (χ2v) is 10.6. The largest absolute Gasteiger partial charge is 0.378 e. The number of hydrogen-bond acceptors (Lipinski definition) is 4. The highest BCUT2D eigenvalue weighted by Crippen LogP contribution is 2.51. The molecule has 1 amide bonds. The molecule has 192 valence electrons. The Morgan fingerprint density at radius 3 is 2.50 bits per heavy atom. The standard InChI is InChI=1S/C31H28ClN3O3/c32-24-13-11-20(12-14-24)21-6-4-7-22(18-21)27(36)29(38)35-17-5-10-26-25(19-35)28(37)34-30(33-26)31(15-16-31)23-8-2-1-3-9-23/h1-4,6-9,11-14,18,27,36H,5,10,15-17,19H2,(H,33,34,37). The fraction of sp³-hybridized carbons (Fsp3) is 0.258. The summed E-state index contributed by atoms with van der Waals surface area (Å²) in [7, 11) is 0. The molecule has 2 heterocycles. The highest BCUT2D eigenvalue weighted by Gasteiger charge is 2.48. The van der Waals surface area contributed by atoms with Crippen LogP contribution in [-0.4, -0.2) is 32.4 Å². The van der Waals surface area contributed by atoms with Crippen molar-refractivity contribution in [2.24, 2.45) is 0 Å². The van der Waals surface area contributed by atoms with Crippen LogP contribution in [0.25, 0.3) is 11.1 Å². The molecule has 1 unspecified atom stereocenters. The second-order valence-electron chi connectivity index (χ2n) is 10.2. The number of carbonyl (C=O) groups is 1. The molecule has 2 N–H and O–H groups in total. The summed E-state index contributed by atoms with van der Waals surface area (Å²) in [4.78, 5) is 36.2. The third-order valence-electron chi connectivity index (χ3n) is 7.75. The van der Waals surface area contributed by atoms with Crippen molar-refractivity contribution in [1.29, 1.82) is 0 Å². The Balaban J connectivity index is 1.24. The molecular weight excluding hydrogens is 498 g/mol. The number of hydrogen-bond donors (Lipinski definition) is 2. The summed E-state index contributed by atoms with van der Waals surface area (Å²) in [6.45, 7) is 0.574. The molecule has 1 fully saturated rings. The van der Waals surface area contributed by atoms with Gasteiger partial charge in [-0.3, -0.25) is 9.59 Å². The van der Waals surface area contributed by atoms with Gasteiger partial charge in [-0.05, 0) is 66.1 Å². The number of aliphatic hydroxyl groups is 1. The van der Waals surface area contributed by atoms with Crippen LogP contribution >= 0.6 is 11.6 Å². The van der Waals surface area contributed by atoms with Crippen molar-refractivity contribution in [3.8, 4) is 11.1 Å². The van der Waals surface area contributed by atoms with Crippen molar-refractivity contribution in [1.82, 2.24) is 14.9 Å². The molecule has 0 spiro atoms. The van der Waals surface area contributed by atoms with Crippen molar-refractivity contribution in [2.75, 3.05) is 6.54 Å². The zero-order chi connectivity index (χ0) is 26.3. The normalized spacial score (nSPS) is 16.8. The number of aromatic amines is 1. The molecule has 6 nitrogen and oxygen atoms in total. The minimum absolute atomic E-state index is 0.128. The smallest absolute Gasteiger partial charge is 0.256 e. The number of H-pyrrole nitrogens is 1. The van der Waals surface area contributed by atoms with Crippen molar-refractivity contribution in [3.63, 3.8) is 0 Å². The Morgan fingerprint density at radius 2 is 1.76 bits per heavy atom. The van der Waals surface area contributed by atoms with E-state index in [9.17, 15) is 14.7 Å². The average Bonchev–Trinajstić information content (AvgIpc) is 3.78. The van der Waals surface area contributed by atoms with Gasteiger partial charge in [0.15, 0.2) is 6.10 Å². The van der Waals surface area contributed by atoms with Gasteiger partial charge in [0.2, 0.25) is 0 Å². The monoisotopic (exact) mass is 525 g/mol. The summed E-state index contributed by atoms with van der Waals surface area (Å²) in [6.07, 6.45) is 1.85. The maximum atomic E-state index is 13.4. The number of nitrogens with one attached hydrogen (secondary N) is 1. The van der Waals surface area contributed by atoms with Crippen molar-refractivity contribution in [2.45, 2.75) is 43.7 Å². The van der Waals surface area contributed by atoms with Crippen molar-refractivity contribution in [3.05, 3.63) is 122 Å². The molecule has 7 heteroatoms. The minimum Gasteiger partial charge on any atom is -0.378 e. The van der Waals surface area contributed by atoms with E-state index in [4.69, 9.17) is 16.6 Å². The molecule has 0 saturated heterocycles. The Labute approximate surface area is 225 Å². The Morgan fingerprint density at radius 1 is 1.00 bits per heavy atom. The van der Waals surface area contributed by atoms with Gasteiger partial charge in [-0.1, -0.05) is 72.3 Å². The van der Waals surface area contributed by atoms with Gasteiger partial charge < -0.3 is 15.0 Å². The van der Waals surface area contributed by atoms with Crippen molar-refractivity contribution >= 4 is 17.5 Å². The van der Waals surface area contributed by atoms with E-state index in [1.54, 1.807) is 11.0 Å². The first kappa shape index (κ1) is 24.6. The van der Waals surface area contributed by atoms with Crippen LogP contribution in [0.4, 0.5) is 0 Å². The topological polar surface area (TPSA) is 86.3 Å². The van der Waals surface area contributed by atoms with E-state index in [1.807, 2.05) is 60.7 Å². The maximum Gasteiger partial charge on any atom is 0.256 e. The van der Waals surface area contributed by atoms with Crippen LogP contribution in [0.15, 0.2) is 83.7 Å². The molecule has 3 aromatic carbocycles. The molecule has 6 rings (SSSR count). The van der Waals surface area contributed by atoms with Crippen LogP contribution < -0.4 is 5.56 Å². The number of aliphatic hydroxyl groups excluding tert-OH is 1. The predicted octanol–water partition coefficient (Wildman–Crippen LogP) is 5.18. The number of aryl methyl sites for hydroxylation is 1. The van der Waals surface area contributed by atoms with Gasteiger partial charge in [-0.25, -0.2) is 4.98 Å². The molecule has 1 aliphatic heterocycles. The summed E-state index contributed by atoms with van der Waals surface area (Å²) >= 11 is 6.01. The first-order chi connectivity index (χ1) is 18.4. The molecule has 1 saturated carbocycles. The Hall–Kier alpha value is -3.74. The van der Waals surface area contributed by atoms with E-state index >= 15 is 0 Å². The lowest BCUT2D eigenvalue weighted by atomic mass is 9.94. The average molecular weight is 526 g/mol. The van der Waals surface area contributed by atoms with Crippen LogP contribution in [-0.2, 0) is 23.2 Å². The molecular formula is C31H28ClN3O3. The van der Waals surface area contributed by atoms with E-state index in [2.05, 4.69) is 17.1 Å². The SMILES string of the molecule is O=C(C(O)c1cccc(-c2ccc(Cl)cc2)c1)N1CCCc2nc(C3(c4ccccc4)CC3)[nH]c(=O)c2C1. The highest BCUT2D eigenvalue weighted by molar-refractivity contribution is 6.30. The lowest BCUT2D eigenvalue weighted by Gasteiger charge is -2.24. The van der Waals surface area contributed by atoms with E-state index in [1.165, 1.54) is 0 Å². The first-order valence-corrected chi connectivity index (χ1v) is 13.3. The number of carbonyl (C=O) groups excluding carboxylic acids is 1. The van der Waals surface area contributed by atoms with Crippen LogP contribution in [0, 0.1) is 0 Å². The van der Waals surface area contributed by atoms with Crippen LogP contribution in [0.5, 0.6) is 0 Å². The molecule has 1 aliphatic carbocycles. The van der Waals surface area contributed by atoms with Crippen molar-refractivity contribution < 1.29 is 9.90 Å². The van der Waals surface area contributed by atoms with E-state index in [0.29, 0.717) is 41.4 Å². The highest BCUT2D eigenvalue weighted by atomic mass is 35.5. The van der Waals surface area contributed by atoms with Crippen LogP contribution in [0.3, 0.4) is 0 Å². The first-order valence-electron chi connectivity index (χ1n) is 13.0. The molecule has 2 aliphatic rings. The van der Waals surface area contributed by atoms with Gasteiger partial charge >= 0.3 is 0 Å². The molecule has 4 aromatic rings. The lowest BCUT2D eigenvalue weighted by Crippen LogP contribution is -2.36. The van der Waals surface area contributed by atoms with Crippen LogP contribution in [0.1, 0.15) is 53.6 Å². The number of aromatic nitrogens is 2.